The number of hydrogen-bond donors (Lipinski definition) is 0. The van der Waals surface area contributed by atoms with Crippen LogP contribution in [0, 0.1) is 0 Å². The number of carbonyl (C=O) groups is 1. The molecule has 0 amide bonds. The predicted molar refractivity (Wildman–Crippen MR) is 167 cm³/mol. The highest BCUT2D eigenvalue weighted by atomic mass is 32.2. The molecule has 7 heteroatoms. The second kappa shape index (κ2) is 16.8. The van der Waals surface area contributed by atoms with Gasteiger partial charge in [0.25, 0.3) is 0 Å². The van der Waals surface area contributed by atoms with Crippen LogP contribution in [0.5, 0.6) is 0 Å². The number of hydrogen-bond acceptors (Lipinski definition) is 7. The molecule has 1 aliphatic rings. The van der Waals surface area contributed by atoms with E-state index in [0.717, 1.165) is 16.7 Å². The van der Waals surface area contributed by atoms with E-state index in [0.29, 0.717) is 24.7 Å². The van der Waals surface area contributed by atoms with Crippen LogP contribution in [0.1, 0.15) is 44.4 Å². The summed E-state index contributed by atoms with van der Waals surface area (Å²) in [6.07, 6.45) is -0.331. The number of thioether (sulfide) groups is 1. The van der Waals surface area contributed by atoms with Crippen LogP contribution in [0.15, 0.2) is 102 Å². The summed E-state index contributed by atoms with van der Waals surface area (Å²) in [6, 6.07) is 30.2. The molecule has 0 spiro atoms. The van der Waals surface area contributed by atoms with Crippen LogP contribution in [0.2, 0.25) is 0 Å². The number of Topliss-reactive ketones (excluding diaryl/α,β-unsaturated/α-hetero) is 1. The first-order chi connectivity index (χ1) is 20.4. The van der Waals surface area contributed by atoms with E-state index in [9.17, 15) is 4.79 Å². The van der Waals surface area contributed by atoms with Crippen molar-refractivity contribution < 1.29 is 28.5 Å². The topological polar surface area (TPSA) is 63.2 Å². The average molecular weight is 591 g/mol. The van der Waals surface area contributed by atoms with Crippen LogP contribution in [0.3, 0.4) is 0 Å². The Hall–Kier alpha value is -2.78. The first-order valence-corrected chi connectivity index (χ1v) is 15.4. The Bertz CT molecular complexity index is 1230. The van der Waals surface area contributed by atoms with Crippen LogP contribution >= 0.6 is 11.8 Å². The Morgan fingerprint density at radius 1 is 0.810 bits per heavy atom. The minimum atomic E-state index is -0.646. The maximum atomic E-state index is 12.5. The molecule has 1 heterocycles. The molecule has 4 rings (SSSR count). The molecule has 0 radical (unpaired) electrons. The summed E-state index contributed by atoms with van der Waals surface area (Å²) >= 11 is 1.43. The van der Waals surface area contributed by atoms with Gasteiger partial charge in [-0.2, -0.15) is 0 Å². The predicted octanol–water partition coefficient (Wildman–Crippen LogP) is 7.12. The van der Waals surface area contributed by atoms with Crippen molar-refractivity contribution in [3.63, 3.8) is 0 Å². The van der Waals surface area contributed by atoms with Crippen molar-refractivity contribution in [2.75, 3.05) is 6.61 Å². The third-order valence-corrected chi connectivity index (χ3v) is 8.37. The molecule has 0 bridgehead atoms. The van der Waals surface area contributed by atoms with Crippen molar-refractivity contribution >= 4 is 17.5 Å². The van der Waals surface area contributed by atoms with Gasteiger partial charge in [-0.05, 0) is 44.4 Å². The lowest BCUT2D eigenvalue weighted by Crippen LogP contribution is -2.60. The standard InChI is InChI=1S/C35H42O6S/c1-5-31(26(4)36)42-34-33(39-23-29-19-13-8-14-20-29)32(38-22-28-17-11-7-12-18-28)30(41-35(34)40-25(2)3)24-37-21-27-15-9-6-10-16-27/h5-20,25,30,32-35H,21-24H2,1-4H3/b31-5+/t30-,32-,33+,34-,35-/m1/s1. The van der Waals surface area contributed by atoms with Gasteiger partial charge in [-0.25, -0.2) is 0 Å². The van der Waals surface area contributed by atoms with Gasteiger partial charge in [-0.3, -0.25) is 4.79 Å². The van der Waals surface area contributed by atoms with Crippen molar-refractivity contribution in [1.29, 1.82) is 0 Å². The minimum Gasteiger partial charge on any atom is -0.374 e. The highest BCUT2D eigenvalue weighted by Crippen LogP contribution is 2.39. The fraction of sp³-hybridized carbons (Fsp3) is 0.400. The van der Waals surface area contributed by atoms with Crippen molar-refractivity contribution in [3.8, 4) is 0 Å². The molecule has 0 N–H and O–H groups in total. The average Bonchev–Trinajstić information content (AvgIpc) is 3.00. The van der Waals surface area contributed by atoms with Crippen LogP contribution in [0.25, 0.3) is 0 Å². The van der Waals surface area contributed by atoms with Gasteiger partial charge in [0.15, 0.2) is 12.1 Å². The molecule has 0 aliphatic carbocycles. The Morgan fingerprint density at radius 2 is 1.31 bits per heavy atom. The molecule has 42 heavy (non-hydrogen) atoms. The summed E-state index contributed by atoms with van der Waals surface area (Å²) in [6.45, 7) is 8.90. The smallest absolute Gasteiger partial charge is 0.173 e. The third-order valence-electron chi connectivity index (χ3n) is 6.83. The quantitative estimate of drug-likeness (QED) is 0.175. The number of benzene rings is 3. The molecule has 6 nitrogen and oxygen atoms in total. The van der Waals surface area contributed by atoms with Crippen molar-refractivity contribution in [2.45, 2.75) is 83.5 Å². The molecule has 1 fully saturated rings. The van der Waals surface area contributed by atoms with Crippen molar-refractivity contribution in [2.24, 2.45) is 0 Å². The van der Waals surface area contributed by atoms with E-state index in [1.807, 2.05) is 118 Å². The van der Waals surface area contributed by atoms with E-state index in [4.69, 9.17) is 23.7 Å². The number of carbonyl (C=O) groups excluding carboxylic acids is 1. The van der Waals surface area contributed by atoms with E-state index in [1.165, 1.54) is 11.8 Å². The van der Waals surface area contributed by atoms with E-state index >= 15 is 0 Å². The Labute approximate surface area is 254 Å². The highest BCUT2D eigenvalue weighted by molar-refractivity contribution is 8.04. The summed E-state index contributed by atoms with van der Waals surface area (Å²) in [5.74, 6) is -0.0114. The summed E-state index contributed by atoms with van der Waals surface area (Å²) in [5, 5.41) is -0.364. The summed E-state index contributed by atoms with van der Waals surface area (Å²) in [7, 11) is 0. The Balaban J connectivity index is 1.65. The van der Waals surface area contributed by atoms with Gasteiger partial charge in [0.1, 0.15) is 18.3 Å². The minimum absolute atomic E-state index is 0.0114. The zero-order valence-electron chi connectivity index (χ0n) is 24.9. The normalized spacial score (nSPS) is 22.8. The lowest BCUT2D eigenvalue weighted by atomic mass is 10.00. The Morgan fingerprint density at radius 3 is 1.79 bits per heavy atom. The van der Waals surface area contributed by atoms with E-state index < -0.39 is 24.6 Å². The molecule has 224 valence electrons. The van der Waals surface area contributed by atoms with Gasteiger partial charge >= 0.3 is 0 Å². The van der Waals surface area contributed by atoms with Gasteiger partial charge in [0.2, 0.25) is 0 Å². The first-order valence-electron chi connectivity index (χ1n) is 14.5. The second-order valence-corrected chi connectivity index (χ2v) is 11.8. The lowest BCUT2D eigenvalue weighted by Gasteiger charge is -2.46. The molecule has 1 saturated heterocycles. The Kier molecular flexibility index (Phi) is 12.8. The fourth-order valence-corrected chi connectivity index (χ4v) is 6.01. The number of ether oxygens (including phenoxy) is 5. The molecule has 0 aromatic heterocycles. The molecule has 0 saturated carbocycles. The zero-order chi connectivity index (χ0) is 29.7. The highest BCUT2D eigenvalue weighted by Gasteiger charge is 2.49. The van der Waals surface area contributed by atoms with Gasteiger partial charge < -0.3 is 23.7 Å². The van der Waals surface area contributed by atoms with Gasteiger partial charge in [0.05, 0.1) is 37.8 Å². The number of allylic oxidation sites excluding steroid dienone is 2. The SMILES string of the molecule is C/C=C(/S[C@H]1[C@H](OC(C)C)O[C@H](COCc2ccccc2)[C@@H](OCc2ccccc2)[C@@H]1OCc1ccccc1)C(C)=O. The van der Waals surface area contributed by atoms with Crippen LogP contribution in [-0.4, -0.2) is 48.3 Å². The monoisotopic (exact) mass is 590 g/mol. The molecule has 1 aliphatic heterocycles. The number of ketones is 1. The molecule has 3 aromatic carbocycles. The van der Waals surface area contributed by atoms with Gasteiger partial charge in [0, 0.05) is 4.91 Å². The van der Waals surface area contributed by atoms with E-state index in [1.54, 1.807) is 6.92 Å². The van der Waals surface area contributed by atoms with Gasteiger partial charge in [-0.15, -0.1) is 11.8 Å². The van der Waals surface area contributed by atoms with E-state index in [-0.39, 0.29) is 23.7 Å². The largest absolute Gasteiger partial charge is 0.374 e. The zero-order valence-corrected chi connectivity index (χ0v) is 25.7. The number of rotatable bonds is 15. The van der Waals surface area contributed by atoms with Crippen LogP contribution < -0.4 is 0 Å². The van der Waals surface area contributed by atoms with Crippen LogP contribution in [-0.2, 0) is 48.3 Å². The molecular weight excluding hydrogens is 548 g/mol. The molecule has 5 atom stereocenters. The summed E-state index contributed by atoms with van der Waals surface area (Å²) < 4.78 is 32.5. The van der Waals surface area contributed by atoms with Crippen molar-refractivity contribution in [1.82, 2.24) is 0 Å². The second-order valence-electron chi connectivity index (χ2n) is 10.5. The third kappa shape index (κ3) is 9.63. The molecule has 3 aromatic rings. The maximum absolute atomic E-state index is 12.5. The lowest BCUT2D eigenvalue weighted by molar-refractivity contribution is -0.281. The summed E-state index contributed by atoms with van der Waals surface area (Å²) in [4.78, 5) is 13.2. The fourth-order valence-electron chi connectivity index (χ4n) is 4.81. The van der Waals surface area contributed by atoms with E-state index in [2.05, 4.69) is 0 Å². The maximum Gasteiger partial charge on any atom is 0.173 e. The molecule has 0 unspecified atom stereocenters. The van der Waals surface area contributed by atoms with Gasteiger partial charge in [-0.1, -0.05) is 97.1 Å². The first kappa shape index (κ1) is 32.1. The molecular formula is C35H42O6S. The van der Waals surface area contributed by atoms with Crippen molar-refractivity contribution in [3.05, 3.63) is 119 Å². The summed E-state index contributed by atoms with van der Waals surface area (Å²) in [5.41, 5.74) is 3.17. The van der Waals surface area contributed by atoms with Crippen LogP contribution in [0.4, 0.5) is 0 Å².